The van der Waals surface area contributed by atoms with Crippen molar-refractivity contribution in [3.8, 4) is 0 Å². The number of carbonyl (C=O) groups excluding carboxylic acids is 1. The fraction of sp³-hybridized carbons (Fsp3) is 0.875. The summed E-state index contributed by atoms with van der Waals surface area (Å²) in [5.41, 5.74) is 0. The fourth-order valence-electron chi connectivity index (χ4n) is 0.975. The molecule has 0 aliphatic rings. The first-order valence-electron chi connectivity index (χ1n) is 3.97. The summed E-state index contributed by atoms with van der Waals surface area (Å²) in [7, 11) is 0. The van der Waals surface area contributed by atoms with Gasteiger partial charge in [0.05, 0.1) is 6.61 Å². The van der Waals surface area contributed by atoms with Gasteiger partial charge in [0.1, 0.15) is 5.92 Å². The van der Waals surface area contributed by atoms with Crippen molar-refractivity contribution in [2.24, 2.45) is 5.92 Å². The van der Waals surface area contributed by atoms with Gasteiger partial charge in [0.15, 0.2) is 0 Å². The van der Waals surface area contributed by atoms with Crippen LogP contribution in [0, 0.1) is 5.92 Å². The molecule has 0 heterocycles. The highest BCUT2D eigenvalue weighted by molar-refractivity contribution is 5.73. The summed E-state index contributed by atoms with van der Waals surface area (Å²) in [6.45, 7) is 4.01. The zero-order valence-electron chi connectivity index (χ0n) is 7.56. The Bertz CT molecular complexity index is 152. The standard InChI is InChI=1S/C8H14F2O2/c1-4-6(8(3,9)10)7(11)12-5-2/h6H,4-5H2,1-3H3. The van der Waals surface area contributed by atoms with E-state index in [2.05, 4.69) is 4.74 Å². The van der Waals surface area contributed by atoms with E-state index in [9.17, 15) is 13.6 Å². The first-order valence-corrected chi connectivity index (χ1v) is 3.97. The summed E-state index contributed by atoms with van der Waals surface area (Å²) in [4.78, 5) is 10.9. The van der Waals surface area contributed by atoms with Gasteiger partial charge < -0.3 is 4.74 Å². The van der Waals surface area contributed by atoms with Gasteiger partial charge in [-0.15, -0.1) is 0 Å². The molecule has 0 spiro atoms. The van der Waals surface area contributed by atoms with E-state index < -0.39 is 17.8 Å². The second-order valence-electron chi connectivity index (χ2n) is 2.67. The molecule has 4 heteroatoms. The largest absolute Gasteiger partial charge is 0.466 e. The molecular formula is C8H14F2O2. The van der Waals surface area contributed by atoms with E-state index in [1.807, 2.05) is 0 Å². The van der Waals surface area contributed by atoms with Crippen molar-refractivity contribution in [1.29, 1.82) is 0 Å². The molecule has 0 radical (unpaired) electrons. The molecule has 72 valence electrons. The zero-order chi connectivity index (χ0) is 9.78. The molecule has 0 bridgehead atoms. The van der Waals surface area contributed by atoms with Crippen LogP contribution in [-0.4, -0.2) is 18.5 Å². The van der Waals surface area contributed by atoms with Crippen LogP contribution >= 0.6 is 0 Å². The predicted molar refractivity (Wildman–Crippen MR) is 41.0 cm³/mol. The van der Waals surface area contributed by atoms with E-state index in [1.54, 1.807) is 13.8 Å². The lowest BCUT2D eigenvalue weighted by Gasteiger charge is -2.19. The molecular weight excluding hydrogens is 166 g/mol. The average Bonchev–Trinajstić information content (AvgIpc) is 1.85. The average molecular weight is 180 g/mol. The number of ether oxygens (including phenoxy) is 1. The van der Waals surface area contributed by atoms with Crippen LogP contribution in [0.1, 0.15) is 27.2 Å². The van der Waals surface area contributed by atoms with Crippen molar-refractivity contribution in [2.75, 3.05) is 6.61 Å². The van der Waals surface area contributed by atoms with Gasteiger partial charge in [0.2, 0.25) is 0 Å². The molecule has 0 saturated heterocycles. The first kappa shape index (κ1) is 11.3. The van der Waals surface area contributed by atoms with Gasteiger partial charge in [-0.25, -0.2) is 8.78 Å². The summed E-state index contributed by atoms with van der Waals surface area (Å²) < 4.78 is 29.8. The lowest BCUT2D eigenvalue weighted by atomic mass is 10.0. The molecule has 0 aromatic carbocycles. The summed E-state index contributed by atoms with van der Waals surface area (Å²) in [6.07, 6.45) is 0.0995. The zero-order valence-corrected chi connectivity index (χ0v) is 7.56. The molecule has 1 atom stereocenters. The van der Waals surface area contributed by atoms with Gasteiger partial charge in [0.25, 0.3) is 5.92 Å². The van der Waals surface area contributed by atoms with E-state index in [0.717, 1.165) is 6.92 Å². The first-order chi connectivity index (χ1) is 5.43. The number of hydrogen-bond donors (Lipinski definition) is 0. The molecule has 0 rings (SSSR count). The SMILES string of the molecule is CCOC(=O)C(CC)C(C)(F)F. The monoisotopic (exact) mass is 180 g/mol. The Morgan fingerprint density at radius 1 is 1.50 bits per heavy atom. The number of rotatable bonds is 4. The van der Waals surface area contributed by atoms with Crippen LogP contribution in [0.25, 0.3) is 0 Å². The van der Waals surface area contributed by atoms with E-state index in [1.165, 1.54) is 0 Å². The molecule has 0 aromatic heterocycles. The summed E-state index contributed by atoms with van der Waals surface area (Å²) in [5.74, 6) is -5.11. The second-order valence-corrected chi connectivity index (χ2v) is 2.67. The third-order valence-electron chi connectivity index (χ3n) is 1.59. The number of esters is 1. The molecule has 0 N–H and O–H groups in total. The molecule has 0 saturated carbocycles. The van der Waals surface area contributed by atoms with E-state index in [-0.39, 0.29) is 13.0 Å². The maximum atomic E-state index is 12.7. The van der Waals surface area contributed by atoms with Gasteiger partial charge in [-0.2, -0.15) is 0 Å². The minimum absolute atomic E-state index is 0.0995. The molecule has 0 amide bonds. The quantitative estimate of drug-likeness (QED) is 0.620. The highest BCUT2D eigenvalue weighted by atomic mass is 19.3. The maximum absolute atomic E-state index is 12.7. The lowest BCUT2D eigenvalue weighted by Crippen LogP contribution is -2.32. The van der Waals surface area contributed by atoms with Crippen molar-refractivity contribution in [1.82, 2.24) is 0 Å². The second kappa shape index (κ2) is 4.38. The van der Waals surface area contributed by atoms with Crippen LogP contribution in [0.5, 0.6) is 0 Å². The molecule has 0 fully saturated rings. The summed E-state index contributed by atoms with van der Waals surface area (Å²) in [6, 6.07) is 0. The van der Waals surface area contributed by atoms with Gasteiger partial charge in [-0.05, 0) is 13.3 Å². The number of hydrogen-bond acceptors (Lipinski definition) is 2. The molecule has 1 unspecified atom stereocenters. The van der Waals surface area contributed by atoms with Crippen LogP contribution in [0.4, 0.5) is 8.78 Å². The molecule has 0 aliphatic carbocycles. The lowest BCUT2D eigenvalue weighted by molar-refractivity contribution is -0.161. The minimum atomic E-state index is -2.99. The normalized spacial score (nSPS) is 14.1. The highest BCUT2D eigenvalue weighted by Crippen LogP contribution is 2.27. The van der Waals surface area contributed by atoms with Crippen LogP contribution in [0.2, 0.25) is 0 Å². The molecule has 2 nitrogen and oxygen atoms in total. The molecule has 0 aromatic rings. The molecule has 0 aliphatic heterocycles. The van der Waals surface area contributed by atoms with E-state index in [4.69, 9.17) is 0 Å². The Kier molecular flexibility index (Phi) is 4.13. The van der Waals surface area contributed by atoms with Gasteiger partial charge in [-0.3, -0.25) is 4.79 Å². The van der Waals surface area contributed by atoms with Crippen LogP contribution in [0.3, 0.4) is 0 Å². The van der Waals surface area contributed by atoms with Gasteiger partial charge in [-0.1, -0.05) is 6.92 Å². The summed E-state index contributed by atoms with van der Waals surface area (Å²) >= 11 is 0. The predicted octanol–water partition coefficient (Wildman–Crippen LogP) is 2.23. The fourth-order valence-corrected chi connectivity index (χ4v) is 0.975. The minimum Gasteiger partial charge on any atom is -0.466 e. The topological polar surface area (TPSA) is 26.3 Å². The Hall–Kier alpha value is -0.670. The van der Waals surface area contributed by atoms with Gasteiger partial charge in [0, 0.05) is 6.92 Å². The molecule has 12 heavy (non-hydrogen) atoms. The number of carbonyl (C=O) groups is 1. The highest BCUT2D eigenvalue weighted by Gasteiger charge is 2.39. The van der Waals surface area contributed by atoms with Crippen molar-refractivity contribution >= 4 is 5.97 Å². The van der Waals surface area contributed by atoms with Crippen molar-refractivity contribution in [3.05, 3.63) is 0 Å². The number of alkyl halides is 2. The van der Waals surface area contributed by atoms with Crippen molar-refractivity contribution in [3.63, 3.8) is 0 Å². The Morgan fingerprint density at radius 3 is 2.25 bits per heavy atom. The Labute approximate surface area is 70.9 Å². The van der Waals surface area contributed by atoms with Crippen molar-refractivity contribution in [2.45, 2.75) is 33.1 Å². The maximum Gasteiger partial charge on any atom is 0.315 e. The van der Waals surface area contributed by atoms with E-state index in [0.29, 0.717) is 0 Å². The van der Waals surface area contributed by atoms with E-state index >= 15 is 0 Å². The van der Waals surface area contributed by atoms with Gasteiger partial charge >= 0.3 is 5.97 Å². The van der Waals surface area contributed by atoms with Crippen LogP contribution in [0.15, 0.2) is 0 Å². The Morgan fingerprint density at radius 2 is 2.00 bits per heavy atom. The van der Waals surface area contributed by atoms with Crippen LogP contribution < -0.4 is 0 Å². The van der Waals surface area contributed by atoms with Crippen LogP contribution in [-0.2, 0) is 9.53 Å². The Balaban J connectivity index is 4.25. The smallest absolute Gasteiger partial charge is 0.315 e. The van der Waals surface area contributed by atoms with Crippen molar-refractivity contribution < 1.29 is 18.3 Å². The third kappa shape index (κ3) is 3.15. The number of halogens is 2. The summed E-state index contributed by atoms with van der Waals surface area (Å²) in [5, 5.41) is 0. The third-order valence-corrected chi connectivity index (χ3v) is 1.59.